The van der Waals surface area contributed by atoms with E-state index in [2.05, 4.69) is 10.6 Å². The third-order valence-electron chi connectivity index (χ3n) is 4.43. The van der Waals surface area contributed by atoms with Gasteiger partial charge in [-0.25, -0.2) is 4.98 Å². The van der Waals surface area contributed by atoms with E-state index in [9.17, 15) is 0 Å². The number of hydrogen-bond donors (Lipinski definition) is 0. The van der Waals surface area contributed by atoms with Gasteiger partial charge in [0.25, 0.3) is 0 Å². The predicted octanol–water partition coefficient (Wildman–Crippen LogP) is 3.48. The summed E-state index contributed by atoms with van der Waals surface area (Å²) in [6.07, 6.45) is 3.62. The number of aromatic nitrogens is 2. The van der Waals surface area contributed by atoms with E-state index in [-0.39, 0.29) is 5.92 Å². The van der Waals surface area contributed by atoms with Crippen molar-refractivity contribution in [2.75, 3.05) is 14.2 Å². The second-order valence-electron chi connectivity index (χ2n) is 5.93. The molecule has 22 heavy (non-hydrogen) atoms. The van der Waals surface area contributed by atoms with Crippen LogP contribution in [-0.2, 0) is 6.54 Å². The van der Waals surface area contributed by atoms with E-state index in [0.29, 0.717) is 24.0 Å². The zero-order valence-electron chi connectivity index (χ0n) is 13.3. The second-order valence-corrected chi connectivity index (χ2v) is 5.93. The average molecular weight is 299 g/mol. The molecule has 0 amide bonds. The van der Waals surface area contributed by atoms with Gasteiger partial charge in [-0.15, -0.1) is 0 Å². The maximum atomic E-state index is 9.16. The van der Waals surface area contributed by atoms with Crippen molar-refractivity contribution in [2.45, 2.75) is 38.6 Å². The van der Waals surface area contributed by atoms with Gasteiger partial charge in [0.1, 0.15) is 5.82 Å². The summed E-state index contributed by atoms with van der Waals surface area (Å²) >= 11 is 0. The lowest BCUT2D eigenvalue weighted by Crippen LogP contribution is -2.17. The quantitative estimate of drug-likeness (QED) is 0.848. The minimum Gasteiger partial charge on any atom is -0.493 e. The first kappa shape index (κ1) is 14.7. The van der Waals surface area contributed by atoms with Gasteiger partial charge in [0.05, 0.1) is 37.2 Å². The summed E-state index contributed by atoms with van der Waals surface area (Å²) in [6, 6.07) is 6.20. The lowest BCUT2D eigenvalue weighted by atomic mass is 9.85. The molecule has 0 radical (unpaired) electrons. The van der Waals surface area contributed by atoms with Crippen LogP contribution in [0, 0.1) is 17.2 Å². The highest BCUT2D eigenvalue weighted by molar-refractivity contribution is 5.81. The van der Waals surface area contributed by atoms with Gasteiger partial charge in [0.2, 0.25) is 0 Å². The van der Waals surface area contributed by atoms with Crippen molar-refractivity contribution in [3.8, 4) is 17.6 Å². The summed E-state index contributed by atoms with van der Waals surface area (Å²) < 4.78 is 13.0. The number of methoxy groups -OCH3 is 2. The van der Waals surface area contributed by atoms with Crippen molar-refractivity contribution in [3.05, 3.63) is 18.0 Å². The largest absolute Gasteiger partial charge is 0.493 e. The summed E-state index contributed by atoms with van der Waals surface area (Å²) in [6.45, 7) is 2.60. The molecule has 5 nitrogen and oxygen atoms in total. The predicted molar refractivity (Wildman–Crippen MR) is 84.2 cm³/mol. The standard InChI is InChI=1S/C17H21N3O2/c1-11(9-18)10-20-14-8-16(22-3)15(21-2)7-13(14)19-17(20)12-5-4-6-12/h7-8,11-12H,4-6,10H2,1-3H3. The molecule has 0 spiro atoms. The Morgan fingerprint density at radius 2 is 2.00 bits per heavy atom. The lowest BCUT2D eigenvalue weighted by Gasteiger charge is -2.26. The molecule has 1 heterocycles. The zero-order valence-corrected chi connectivity index (χ0v) is 13.3. The summed E-state index contributed by atoms with van der Waals surface area (Å²) in [7, 11) is 3.26. The van der Waals surface area contributed by atoms with Crippen LogP contribution in [0.2, 0.25) is 0 Å². The van der Waals surface area contributed by atoms with Gasteiger partial charge in [-0.2, -0.15) is 5.26 Å². The maximum absolute atomic E-state index is 9.16. The molecule has 1 atom stereocenters. The molecule has 3 rings (SSSR count). The fourth-order valence-electron chi connectivity index (χ4n) is 2.96. The molecule has 0 N–H and O–H groups in total. The molecule has 0 bridgehead atoms. The highest BCUT2D eigenvalue weighted by atomic mass is 16.5. The number of benzene rings is 1. The number of imidazole rings is 1. The lowest BCUT2D eigenvalue weighted by molar-refractivity contribution is 0.355. The minimum atomic E-state index is -0.0516. The van der Waals surface area contributed by atoms with Gasteiger partial charge in [-0.05, 0) is 19.8 Å². The van der Waals surface area contributed by atoms with E-state index in [4.69, 9.17) is 19.7 Å². The van der Waals surface area contributed by atoms with E-state index in [1.54, 1.807) is 14.2 Å². The van der Waals surface area contributed by atoms with E-state index in [1.807, 2.05) is 19.1 Å². The molecule has 0 aliphatic heterocycles. The molecule has 0 saturated heterocycles. The van der Waals surface area contributed by atoms with Crippen molar-refractivity contribution in [3.63, 3.8) is 0 Å². The SMILES string of the molecule is COc1cc2nc(C3CCC3)n(CC(C)C#N)c2cc1OC. The Labute approximate surface area is 130 Å². The Balaban J connectivity index is 2.15. The van der Waals surface area contributed by atoms with Crippen LogP contribution in [-0.4, -0.2) is 23.8 Å². The van der Waals surface area contributed by atoms with E-state index >= 15 is 0 Å². The van der Waals surface area contributed by atoms with Crippen molar-refractivity contribution in [1.29, 1.82) is 5.26 Å². The first-order valence-electron chi connectivity index (χ1n) is 7.69. The molecule has 1 saturated carbocycles. The molecule has 1 aliphatic rings. The van der Waals surface area contributed by atoms with Crippen LogP contribution in [0.1, 0.15) is 37.9 Å². The Hall–Kier alpha value is -2.22. The summed E-state index contributed by atoms with van der Waals surface area (Å²) in [5, 5.41) is 9.16. The highest BCUT2D eigenvalue weighted by Crippen LogP contribution is 2.39. The molecular weight excluding hydrogens is 278 g/mol. The number of fused-ring (bicyclic) bond motifs is 1. The van der Waals surface area contributed by atoms with Gasteiger partial charge in [0, 0.05) is 24.6 Å². The third-order valence-corrected chi connectivity index (χ3v) is 4.43. The molecule has 1 aliphatic carbocycles. The van der Waals surface area contributed by atoms with E-state index in [1.165, 1.54) is 19.3 Å². The fraction of sp³-hybridized carbons (Fsp3) is 0.529. The van der Waals surface area contributed by atoms with Crippen LogP contribution in [0.15, 0.2) is 12.1 Å². The van der Waals surface area contributed by atoms with Crippen molar-refractivity contribution >= 4 is 11.0 Å². The highest BCUT2D eigenvalue weighted by Gasteiger charge is 2.27. The monoisotopic (exact) mass is 299 g/mol. The van der Waals surface area contributed by atoms with Crippen molar-refractivity contribution < 1.29 is 9.47 Å². The van der Waals surface area contributed by atoms with Gasteiger partial charge >= 0.3 is 0 Å². The second kappa shape index (κ2) is 5.88. The smallest absolute Gasteiger partial charge is 0.163 e. The first-order chi connectivity index (χ1) is 10.7. The maximum Gasteiger partial charge on any atom is 0.163 e. The van der Waals surface area contributed by atoms with Crippen LogP contribution in [0.4, 0.5) is 0 Å². The Bertz CT molecular complexity index is 726. The number of rotatable bonds is 5. The number of hydrogen-bond acceptors (Lipinski definition) is 4. The van der Waals surface area contributed by atoms with Crippen molar-refractivity contribution in [1.82, 2.24) is 9.55 Å². The van der Waals surface area contributed by atoms with Crippen LogP contribution in [0.25, 0.3) is 11.0 Å². The van der Waals surface area contributed by atoms with Gasteiger partial charge in [0.15, 0.2) is 11.5 Å². The summed E-state index contributed by atoms with van der Waals surface area (Å²) in [5.74, 6) is 2.94. The third kappa shape index (κ3) is 2.39. The van der Waals surface area contributed by atoms with Crippen LogP contribution in [0.3, 0.4) is 0 Å². The van der Waals surface area contributed by atoms with Gasteiger partial charge in [-0.3, -0.25) is 0 Å². The Kier molecular flexibility index (Phi) is 3.93. The van der Waals surface area contributed by atoms with Crippen LogP contribution < -0.4 is 9.47 Å². The average Bonchev–Trinajstić information content (AvgIpc) is 2.81. The van der Waals surface area contributed by atoms with E-state index in [0.717, 1.165) is 16.9 Å². The Morgan fingerprint density at radius 3 is 2.55 bits per heavy atom. The van der Waals surface area contributed by atoms with Crippen LogP contribution >= 0.6 is 0 Å². The number of ether oxygens (including phenoxy) is 2. The molecule has 1 unspecified atom stereocenters. The normalized spacial score (nSPS) is 16.1. The summed E-state index contributed by atoms with van der Waals surface area (Å²) in [5.41, 5.74) is 1.92. The van der Waals surface area contributed by atoms with Crippen LogP contribution in [0.5, 0.6) is 11.5 Å². The molecular formula is C17H21N3O2. The molecule has 5 heteroatoms. The minimum absolute atomic E-state index is 0.0516. The molecule has 1 fully saturated rings. The molecule has 1 aromatic heterocycles. The summed E-state index contributed by atoms with van der Waals surface area (Å²) in [4.78, 5) is 4.82. The fourth-order valence-corrected chi connectivity index (χ4v) is 2.96. The Morgan fingerprint density at radius 1 is 1.32 bits per heavy atom. The topological polar surface area (TPSA) is 60.1 Å². The van der Waals surface area contributed by atoms with Gasteiger partial charge in [-0.1, -0.05) is 6.42 Å². The number of nitriles is 1. The molecule has 116 valence electrons. The van der Waals surface area contributed by atoms with Gasteiger partial charge < -0.3 is 14.0 Å². The molecule has 1 aromatic carbocycles. The molecule has 2 aromatic rings. The van der Waals surface area contributed by atoms with E-state index < -0.39 is 0 Å². The van der Waals surface area contributed by atoms with Crippen molar-refractivity contribution in [2.24, 2.45) is 5.92 Å². The first-order valence-corrected chi connectivity index (χ1v) is 7.69. The zero-order chi connectivity index (χ0) is 15.7. The number of nitrogens with zero attached hydrogens (tertiary/aromatic N) is 3.